The minimum atomic E-state index is -0.450. The molecule has 0 unspecified atom stereocenters. The first-order chi connectivity index (χ1) is 20.2. The highest BCUT2D eigenvalue weighted by Gasteiger charge is 2.19. The summed E-state index contributed by atoms with van der Waals surface area (Å²) in [5, 5.41) is 26.3. The summed E-state index contributed by atoms with van der Waals surface area (Å²) in [6, 6.07) is 9.69. The number of carbonyl (C=O) groups is 2. The molecule has 0 atom stereocenters. The third kappa shape index (κ3) is 13.6. The Morgan fingerprint density at radius 1 is 0.791 bits per heavy atom. The predicted molar refractivity (Wildman–Crippen MR) is 179 cm³/mol. The van der Waals surface area contributed by atoms with Gasteiger partial charge in [0.2, 0.25) is 11.8 Å². The van der Waals surface area contributed by atoms with Crippen LogP contribution < -0.4 is 21.3 Å². The van der Waals surface area contributed by atoms with E-state index >= 15 is 0 Å². The fourth-order valence-electron chi connectivity index (χ4n) is 4.05. The number of nitrogens with zero attached hydrogens (tertiary/aromatic N) is 4. The van der Waals surface area contributed by atoms with Gasteiger partial charge in [0.25, 0.3) is 5.69 Å². The zero-order valence-corrected chi connectivity index (χ0v) is 27.4. The van der Waals surface area contributed by atoms with Crippen molar-refractivity contribution in [3.63, 3.8) is 0 Å². The SMILES string of the molecule is CC(=O)Nc1ccc(NCC[N+](C)(C)CCSSCC[N+](C)(C)CCNc2ccc(NC(C)=O)cc2[N+](=O)[O-])c(N=O)c1. The fourth-order valence-corrected chi connectivity index (χ4v) is 6.58. The molecule has 0 aromatic heterocycles. The van der Waals surface area contributed by atoms with Crippen LogP contribution in [0, 0.1) is 15.0 Å². The number of quaternary nitrogens is 2. The molecule has 0 radical (unpaired) electrons. The van der Waals surface area contributed by atoms with E-state index in [-0.39, 0.29) is 23.2 Å². The maximum Gasteiger partial charge on any atom is 0.294 e. The molecule has 4 N–H and O–H groups in total. The number of hydrogen-bond acceptors (Lipinski definition) is 10. The Hall–Kier alpha value is -3.40. The summed E-state index contributed by atoms with van der Waals surface area (Å²) in [5.41, 5.74) is 2.20. The van der Waals surface area contributed by atoms with Gasteiger partial charge >= 0.3 is 0 Å². The maximum atomic E-state index is 11.5. The lowest BCUT2D eigenvalue weighted by Gasteiger charge is -2.30. The Morgan fingerprint density at radius 2 is 1.26 bits per heavy atom. The van der Waals surface area contributed by atoms with Gasteiger partial charge in [0, 0.05) is 31.3 Å². The Labute approximate surface area is 261 Å². The van der Waals surface area contributed by atoms with Crippen LogP contribution in [0.3, 0.4) is 0 Å². The molecule has 0 saturated carbocycles. The van der Waals surface area contributed by atoms with Gasteiger partial charge in [-0.2, -0.15) is 0 Å². The van der Waals surface area contributed by atoms with Gasteiger partial charge in [-0.1, -0.05) is 21.6 Å². The Balaban J connectivity index is 1.67. The second-order valence-electron chi connectivity index (χ2n) is 11.4. The summed E-state index contributed by atoms with van der Waals surface area (Å²) in [7, 11) is 12.3. The van der Waals surface area contributed by atoms with Gasteiger partial charge in [0.05, 0.1) is 89.6 Å². The van der Waals surface area contributed by atoms with E-state index in [0.717, 1.165) is 46.7 Å². The van der Waals surface area contributed by atoms with Crippen LogP contribution in [0.15, 0.2) is 41.6 Å². The Kier molecular flexibility index (Phi) is 14.2. The van der Waals surface area contributed by atoms with Gasteiger partial charge in [-0.25, -0.2) is 0 Å². The van der Waals surface area contributed by atoms with Crippen molar-refractivity contribution < 1.29 is 23.5 Å². The number of nitroso groups, excluding NO2 is 1. The smallest absolute Gasteiger partial charge is 0.294 e. The van der Waals surface area contributed by atoms with Crippen molar-refractivity contribution in [1.82, 2.24) is 0 Å². The summed E-state index contributed by atoms with van der Waals surface area (Å²) in [6.45, 7) is 7.63. The summed E-state index contributed by atoms with van der Waals surface area (Å²) in [5.74, 6) is 1.49. The first-order valence-electron chi connectivity index (χ1n) is 13.9. The predicted octanol–water partition coefficient (Wildman–Crippen LogP) is 4.97. The monoisotopic (exact) mass is 636 g/mol. The zero-order chi connectivity index (χ0) is 32.0. The van der Waals surface area contributed by atoms with E-state index in [0.29, 0.717) is 35.8 Å². The van der Waals surface area contributed by atoms with Crippen molar-refractivity contribution in [2.75, 3.05) is 100 Å². The van der Waals surface area contributed by atoms with Crippen LogP contribution in [0.5, 0.6) is 0 Å². The first kappa shape index (κ1) is 35.8. The molecule has 0 saturated heterocycles. The molecule has 15 heteroatoms. The van der Waals surface area contributed by atoms with E-state index in [1.807, 2.05) is 21.6 Å². The van der Waals surface area contributed by atoms with E-state index in [1.54, 1.807) is 30.3 Å². The average Bonchev–Trinajstić information content (AvgIpc) is 2.91. The highest BCUT2D eigenvalue weighted by Crippen LogP contribution is 2.29. The molecule has 0 aliphatic rings. The van der Waals surface area contributed by atoms with Crippen LogP contribution in [0.1, 0.15) is 13.8 Å². The van der Waals surface area contributed by atoms with Crippen molar-refractivity contribution in [2.45, 2.75) is 13.8 Å². The number of hydrogen-bond donors (Lipinski definition) is 4. The Morgan fingerprint density at radius 3 is 1.72 bits per heavy atom. The number of benzene rings is 2. The van der Waals surface area contributed by atoms with Crippen LogP contribution in [0.25, 0.3) is 0 Å². The van der Waals surface area contributed by atoms with E-state index < -0.39 is 4.92 Å². The molecule has 0 aliphatic heterocycles. The van der Waals surface area contributed by atoms with Crippen molar-refractivity contribution >= 4 is 67.5 Å². The first-order valence-corrected chi connectivity index (χ1v) is 16.4. The normalized spacial score (nSPS) is 11.5. The van der Waals surface area contributed by atoms with E-state index in [9.17, 15) is 24.6 Å². The van der Waals surface area contributed by atoms with E-state index in [2.05, 4.69) is 54.6 Å². The molecule has 2 aromatic rings. The number of nitrogens with one attached hydrogen (secondary N) is 4. The molecular weight excluding hydrogens is 592 g/mol. The molecule has 43 heavy (non-hydrogen) atoms. The largest absolute Gasteiger partial charge is 0.378 e. The second-order valence-corrected chi connectivity index (χ2v) is 14.1. The van der Waals surface area contributed by atoms with Gasteiger partial charge < -0.3 is 30.2 Å². The molecule has 0 bridgehead atoms. The van der Waals surface area contributed by atoms with Crippen LogP contribution in [0.4, 0.5) is 34.1 Å². The van der Waals surface area contributed by atoms with E-state index in [1.165, 1.54) is 19.9 Å². The topological polar surface area (TPSA) is 155 Å². The van der Waals surface area contributed by atoms with Crippen LogP contribution >= 0.6 is 21.6 Å². The van der Waals surface area contributed by atoms with Crippen LogP contribution in [0.2, 0.25) is 0 Å². The summed E-state index contributed by atoms with van der Waals surface area (Å²) in [6.07, 6.45) is 0. The number of nitro groups is 1. The molecule has 2 rings (SSSR count). The molecule has 0 fully saturated rings. The van der Waals surface area contributed by atoms with Crippen molar-refractivity contribution in [3.05, 3.63) is 51.4 Å². The summed E-state index contributed by atoms with van der Waals surface area (Å²) in [4.78, 5) is 44.8. The quantitative estimate of drug-likeness (QED) is 0.0418. The lowest BCUT2D eigenvalue weighted by Crippen LogP contribution is -2.45. The zero-order valence-electron chi connectivity index (χ0n) is 25.8. The lowest BCUT2D eigenvalue weighted by molar-refractivity contribution is -0.886. The van der Waals surface area contributed by atoms with Crippen LogP contribution in [-0.4, -0.2) is 105 Å². The molecule has 0 spiro atoms. The second kappa shape index (κ2) is 17.0. The molecular formula is C28H44N8O5S2+2. The number of anilines is 4. The van der Waals surface area contributed by atoms with Gasteiger partial charge in [0.1, 0.15) is 11.4 Å². The van der Waals surface area contributed by atoms with Gasteiger partial charge in [-0.05, 0) is 35.5 Å². The minimum absolute atomic E-state index is 0.0688. The summed E-state index contributed by atoms with van der Waals surface area (Å²) >= 11 is 0. The number of carbonyl (C=O) groups excluding carboxylic acids is 2. The summed E-state index contributed by atoms with van der Waals surface area (Å²) < 4.78 is 1.59. The van der Waals surface area contributed by atoms with Crippen molar-refractivity contribution in [3.8, 4) is 0 Å². The maximum absolute atomic E-state index is 11.5. The molecule has 236 valence electrons. The standard InChI is InChI=1S/C28H42N8O5S2/c1-21(37)31-23-7-9-25(27(19-23)33-39)29-11-13-35(3,4)15-17-42-43-18-16-36(5,6)14-12-30-26-10-8-24(32-22(2)38)20-28(26)34(40)41/h7-10,19-20H,11-18H2,1-6H3,(H2-2,29,30,31,32,33,37,38,39)/p+2. The minimum Gasteiger partial charge on any atom is -0.378 e. The number of likely N-dealkylation sites (N-methyl/N-ethyl adjacent to an activating group) is 2. The molecule has 13 nitrogen and oxygen atoms in total. The molecule has 2 aromatic carbocycles. The van der Waals surface area contributed by atoms with E-state index in [4.69, 9.17) is 0 Å². The van der Waals surface area contributed by atoms with Crippen LogP contribution in [-0.2, 0) is 9.59 Å². The highest BCUT2D eigenvalue weighted by molar-refractivity contribution is 8.76. The molecule has 2 amide bonds. The van der Waals surface area contributed by atoms with Gasteiger partial charge in [0.15, 0.2) is 0 Å². The van der Waals surface area contributed by atoms with Crippen molar-refractivity contribution in [2.24, 2.45) is 5.18 Å². The third-order valence-electron chi connectivity index (χ3n) is 6.64. The van der Waals surface area contributed by atoms with Gasteiger partial charge in [-0.3, -0.25) is 19.7 Å². The number of amides is 2. The number of nitro benzene ring substituents is 1. The molecule has 0 heterocycles. The van der Waals surface area contributed by atoms with Crippen molar-refractivity contribution in [1.29, 1.82) is 0 Å². The molecule has 0 aliphatic carbocycles. The lowest BCUT2D eigenvalue weighted by atomic mass is 10.2. The Bertz CT molecular complexity index is 1280. The third-order valence-corrected chi connectivity index (χ3v) is 9.00. The average molecular weight is 637 g/mol. The highest BCUT2D eigenvalue weighted by atomic mass is 33.1. The number of rotatable bonds is 19. The fraction of sp³-hybridized carbons (Fsp3) is 0.500. The van der Waals surface area contributed by atoms with Gasteiger partial charge in [-0.15, -0.1) is 4.91 Å².